The molecular weight excluding hydrogens is 674 g/mol. The molecule has 11 nitrogen and oxygen atoms in total. The topological polar surface area (TPSA) is 146 Å². The Labute approximate surface area is 304 Å². The highest BCUT2D eigenvalue weighted by Crippen LogP contribution is 2.18. The maximum Gasteiger partial charge on any atom is 0.253 e. The Balaban J connectivity index is 1.78. The molecule has 0 aromatic heterocycles. The Hall–Kier alpha value is -4.88. The summed E-state index contributed by atoms with van der Waals surface area (Å²) in [5, 5.41) is 19.6. The van der Waals surface area contributed by atoms with Crippen LogP contribution >= 0.6 is 0 Å². The third kappa shape index (κ3) is 12.7. The summed E-state index contributed by atoms with van der Waals surface area (Å²) in [6, 6.07) is 15.8. The molecule has 0 spiro atoms. The second kappa shape index (κ2) is 20.8. The van der Waals surface area contributed by atoms with Crippen molar-refractivity contribution in [2.75, 3.05) is 26.8 Å². The van der Waals surface area contributed by atoms with Gasteiger partial charge in [0.25, 0.3) is 11.8 Å². The van der Waals surface area contributed by atoms with E-state index in [0.29, 0.717) is 24.7 Å². The highest BCUT2D eigenvalue weighted by Gasteiger charge is 2.32. The predicted octanol–water partition coefficient (Wildman–Crippen LogP) is 4.63. The largest absolute Gasteiger partial charge is 0.491 e. The summed E-state index contributed by atoms with van der Waals surface area (Å²) in [6.07, 6.45) is -1.58. The summed E-state index contributed by atoms with van der Waals surface area (Å²) in [6.45, 7) is 8.40. The van der Waals surface area contributed by atoms with Crippen molar-refractivity contribution in [3.8, 4) is 5.75 Å². The number of rotatable bonds is 20. The van der Waals surface area contributed by atoms with E-state index in [4.69, 9.17) is 9.47 Å². The van der Waals surface area contributed by atoms with Crippen molar-refractivity contribution >= 4 is 23.6 Å². The van der Waals surface area contributed by atoms with E-state index in [-0.39, 0.29) is 36.1 Å². The van der Waals surface area contributed by atoms with E-state index in [1.165, 1.54) is 19.2 Å². The first kappa shape index (κ1) is 41.5. The lowest BCUT2D eigenvalue weighted by Crippen LogP contribution is -2.54. The minimum atomic E-state index is -1.49. The van der Waals surface area contributed by atoms with Crippen LogP contribution in [0.25, 0.3) is 0 Å². The zero-order chi connectivity index (χ0) is 38.2. The number of carbonyl (C=O) groups is 4. The van der Waals surface area contributed by atoms with Gasteiger partial charge >= 0.3 is 0 Å². The molecule has 13 heteroatoms. The molecule has 52 heavy (non-hydrogen) atoms. The average Bonchev–Trinajstić information content (AvgIpc) is 3.12. The van der Waals surface area contributed by atoms with Gasteiger partial charge in [-0.25, -0.2) is 8.78 Å². The van der Waals surface area contributed by atoms with Crippen LogP contribution in [0.4, 0.5) is 8.78 Å². The van der Waals surface area contributed by atoms with Gasteiger partial charge in [-0.05, 0) is 42.5 Å². The van der Waals surface area contributed by atoms with E-state index in [2.05, 4.69) is 16.0 Å². The molecule has 0 heterocycles. The molecule has 3 rings (SSSR count). The van der Waals surface area contributed by atoms with E-state index >= 15 is 0 Å². The average molecular weight is 725 g/mol. The van der Waals surface area contributed by atoms with Crippen LogP contribution in [-0.2, 0) is 20.9 Å². The van der Waals surface area contributed by atoms with Gasteiger partial charge in [0.2, 0.25) is 11.8 Å². The molecule has 0 fully saturated rings. The second-order valence-corrected chi connectivity index (χ2v) is 12.8. The lowest BCUT2D eigenvalue weighted by atomic mass is 10.0. The first-order valence-electron chi connectivity index (χ1n) is 17.5. The van der Waals surface area contributed by atoms with Crippen molar-refractivity contribution in [1.29, 1.82) is 0 Å². The highest BCUT2D eigenvalue weighted by molar-refractivity contribution is 5.99. The number of ether oxygens (including phenoxy) is 2. The first-order chi connectivity index (χ1) is 24.9. The molecule has 282 valence electrons. The summed E-state index contributed by atoms with van der Waals surface area (Å²) in [5.74, 6) is -4.24. The molecule has 3 aromatic rings. The number of aliphatic hydroxyl groups excluding tert-OH is 1. The van der Waals surface area contributed by atoms with Crippen molar-refractivity contribution in [3.05, 3.63) is 101 Å². The monoisotopic (exact) mass is 724 g/mol. The number of halogens is 2. The molecule has 3 aromatic carbocycles. The van der Waals surface area contributed by atoms with E-state index in [1.54, 1.807) is 30.9 Å². The molecule has 0 aliphatic rings. The standard InChI is InChI=1S/C39H50F2N4O7/c1-6-16-45(17-7-2)39(50)28-15-11-14-27(18-28)36(47)43-32(24-52-31-20-29(40)19-30(41)21-31)33(46)22-34(51-5)37(48)44-35(25(3)4)38(49)42-23-26-12-9-8-10-13-26/h8-15,18-21,25,32-35,46H,6-7,16-17,22-24H2,1-5H3,(H,42,49)(H,43,47)(H,44,48)/t32-,33-,34+,35?/m0/s1. The van der Waals surface area contributed by atoms with E-state index in [9.17, 15) is 33.1 Å². The van der Waals surface area contributed by atoms with Crippen molar-refractivity contribution in [3.63, 3.8) is 0 Å². The summed E-state index contributed by atoms with van der Waals surface area (Å²) in [7, 11) is 1.26. The molecule has 0 saturated carbocycles. The normalized spacial score (nSPS) is 13.4. The number of benzene rings is 3. The number of hydrogen-bond acceptors (Lipinski definition) is 7. The van der Waals surface area contributed by atoms with Crippen LogP contribution in [0.15, 0.2) is 72.8 Å². The van der Waals surface area contributed by atoms with Crippen LogP contribution in [0.2, 0.25) is 0 Å². The number of hydrogen-bond donors (Lipinski definition) is 4. The molecule has 1 unspecified atom stereocenters. The molecular formula is C39H50F2N4O7. The minimum Gasteiger partial charge on any atom is -0.491 e. The fraction of sp³-hybridized carbons (Fsp3) is 0.436. The number of nitrogens with zero attached hydrogens (tertiary/aromatic N) is 1. The van der Waals surface area contributed by atoms with Crippen LogP contribution in [0.3, 0.4) is 0 Å². The third-order valence-electron chi connectivity index (χ3n) is 8.28. The summed E-state index contributed by atoms with van der Waals surface area (Å²) >= 11 is 0. The maximum atomic E-state index is 13.9. The Morgan fingerprint density at radius 1 is 0.827 bits per heavy atom. The Morgan fingerprint density at radius 2 is 1.46 bits per heavy atom. The van der Waals surface area contributed by atoms with Crippen LogP contribution < -0.4 is 20.7 Å². The fourth-order valence-electron chi connectivity index (χ4n) is 5.50. The molecule has 0 aliphatic heterocycles. The summed E-state index contributed by atoms with van der Waals surface area (Å²) in [5.41, 5.74) is 1.31. The molecule has 4 N–H and O–H groups in total. The van der Waals surface area contributed by atoms with Crippen LogP contribution in [-0.4, -0.2) is 84.7 Å². The van der Waals surface area contributed by atoms with Gasteiger partial charge < -0.3 is 35.4 Å². The third-order valence-corrected chi connectivity index (χ3v) is 8.28. The number of carbonyl (C=O) groups excluding carboxylic acids is 4. The zero-order valence-corrected chi connectivity index (χ0v) is 30.4. The highest BCUT2D eigenvalue weighted by atomic mass is 19.1. The number of methoxy groups -OCH3 is 1. The van der Waals surface area contributed by atoms with Gasteiger partial charge in [-0.2, -0.15) is 0 Å². The Kier molecular flexibility index (Phi) is 16.6. The molecule has 0 saturated heterocycles. The number of nitrogens with one attached hydrogen (secondary N) is 3. The first-order valence-corrected chi connectivity index (χ1v) is 17.5. The number of amides is 4. The van der Waals surface area contributed by atoms with Gasteiger partial charge in [-0.15, -0.1) is 0 Å². The molecule has 4 amide bonds. The Bertz CT molecular complexity index is 1600. The lowest BCUT2D eigenvalue weighted by molar-refractivity contribution is -0.137. The van der Waals surface area contributed by atoms with Gasteiger partial charge in [0.1, 0.15) is 36.1 Å². The predicted molar refractivity (Wildman–Crippen MR) is 193 cm³/mol. The van der Waals surface area contributed by atoms with Crippen molar-refractivity contribution in [2.45, 2.75) is 77.8 Å². The van der Waals surface area contributed by atoms with Gasteiger partial charge in [0, 0.05) is 62.5 Å². The van der Waals surface area contributed by atoms with Gasteiger partial charge in [-0.3, -0.25) is 19.2 Å². The fourth-order valence-corrected chi connectivity index (χ4v) is 5.50. The van der Waals surface area contributed by atoms with Gasteiger partial charge in [0.05, 0.1) is 12.1 Å². The SMILES string of the molecule is CCCN(CCC)C(=O)c1cccc(C(=O)N[C@@H](COc2cc(F)cc(F)c2)[C@@H](O)C[C@@H](OC)C(=O)NC(C(=O)NCc2ccccc2)C(C)C)c1. The van der Waals surface area contributed by atoms with Gasteiger partial charge in [-0.1, -0.05) is 64.1 Å². The quantitative estimate of drug-likeness (QED) is 0.133. The van der Waals surface area contributed by atoms with Crippen LogP contribution in [0, 0.1) is 17.6 Å². The molecule has 0 radical (unpaired) electrons. The van der Waals surface area contributed by atoms with Crippen LogP contribution in [0.1, 0.15) is 73.2 Å². The van der Waals surface area contributed by atoms with Crippen molar-refractivity contribution < 1.29 is 42.5 Å². The Morgan fingerprint density at radius 3 is 2.06 bits per heavy atom. The lowest BCUT2D eigenvalue weighted by Gasteiger charge is -2.28. The minimum absolute atomic E-state index is 0.120. The number of aliphatic hydroxyl groups is 1. The maximum absolute atomic E-state index is 13.9. The molecule has 4 atom stereocenters. The summed E-state index contributed by atoms with van der Waals surface area (Å²) < 4.78 is 38.8. The van der Waals surface area contributed by atoms with Crippen molar-refractivity contribution in [1.82, 2.24) is 20.9 Å². The van der Waals surface area contributed by atoms with E-state index < -0.39 is 60.3 Å². The second-order valence-electron chi connectivity index (χ2n) is 12.8. The van der Waals surface area contributed by atoms with Crippen molar-refractivity contribution in [2.24, 2.45) is 5.92 Å². The van der Waals surface area contributed by atoms with E-state index in [0.717, 1.165) is 30.5 Å². The van der Waals surface area contributed by atoms with E-state index in [1.807, 2.05) is 44.2 Å². The zero-order valence-electron chi connectivity index (χ0n) is 30.4. The smallest absolute Gasteiger partial charge is 0.253 e. The summed E-state index contributed by atoms with van der Waals surface area (Å²) in [4.78, 5) is 55.0. The molecule has 0 aliphatic carbocycles. The van der Waals surface area contributed by atoms with Crippen LogP contribution in [0.5, 0.6) is 5.75 Å². The molecule has 0 bridgehead atoms. The van der Waals surface area contributed by atoms with Gasteiger partial charge in [0.15, 0.2) is 0 Å².